The van der Waals surface area contributed by atoms with Crippen LogP contribution in [-0.2, 0) is 19.1 Å². The summed E-state index contributed by atoms with van der Waals surface area (Å²) < 4.78 is 10.7. The van der Waals surface area contributed by atoms with Gasteiger partial charge in [-0.3, -0.25) is 9.59 Å². The number of piperidine rings is 2. The van der Waals surface area contributed by atoms with Crippen molar-refractivity contribution in [1.29, 1.82) is 0 Å². The van der Waals surface area contributed by atoms with Crippen molar-refractivity contribution in [1.82, 2.24) is 9.80 Å². The molecular formula is C30H56N2O4. The Morgan fingerprint density at radius 2 is 1.03 bits per heavy atom. The molecule has 0 amide bonds. The van der Waals surface area contributed by atoms with Crippen LogP contribution in [0.1, 0.15) is 117 Å². The van der Waals surface area contributed by atoms with E-state index in [0.29, 0.717) is 26.1 Å². The number of carbonyl (C=O) groups is 2. The van der Waals surface area contributed by atoms with Crippen LogP contribution in [-0.4, -0.2) is 74.2 Å². The summed E-state index contributed by atoms with van der Waals surface area (Å²) in [5.41, 5.74) is 0. The second-order valence-corrected chi connectivity index (χ2v) is 11.2. The van der Waals surface area contributed by atoms with Crippen molar-refractivity contribution in [3.63, 3.8) is 0 Å². The van der Waals surface area contributed by atoms with E-state index in [0.717, 1.165) is 83.2 Å². The van der Waals surface area contributed by atoms with E-state index >= 15 is 0 Å². The first-order chi connectivity index (χ1) is 17.6. The monoisotopic (exact) mass is 508 g/mol. The highest BCUT2D eigenvalue weighted by Crippen LogP contribution is 2.27. The first-order valence-electron chi connectivity index (χ1n) is 15.4. The van der Waals surface area contributed by atoms with Gasteiger partial charge in [-0.2, -0.15) is 0 Å². The molecule has 36 heavy (non-hydrogen) atoms. The Hall–Kier alpha value is -1.14. The molecule has 0 bridgehead atoms. The topological polar surface area (TPSA) is 59.1 Å². The van der Waals surface area contributed by atoms with Crippen LogP contribution in [0.5, 0.6) is 0 Å². The average Bonchev–Trinajstić information content (AvgIpc) is 2.90. The predicted molar refractivity (Wildman–Crippen MR) is 147 cm³/mol. The van der Waals surface area contributed by atoms with Crippen molar-refractivity contribution >= 4 is 11.9 Å². The van der Waals surface area contributed by atoms with E-state index in [-0.39, 0.29) is 11.9 Å². The molecule has 0 atom stereocenters. The lowest BCUT2D eigenvalue weighted by molar-refractivity contribution is -0.145. The first kappa shape index (κ1) is 31.1. The molecule has 2 aliphatic rings. The Morgan fingerprint density at radius 3 is 1.47 bits per heavy atom. The minimum absolute atomic E-state index is 0.0259. The predicted octanol–water partition coefficient (Wildman–Crippen LogP) is 6.22. The highest BCUT2D eigenvalue weighted by Gasteiger charge is 2.22. The Kier molecular flexibility index (Phi) is 17.2. The fraction of sp³-hybridized carbons (Fsp3) is 0.933. The molecule has 6 nitrogen and oxygen atoms in total. The number of nitrogens with zero attached hydrogens (tertiary/aromatic N) is 2. The number of unbranched alkanes of at least 4 members (excludes halogenated alkanes) is 5. The molecule has 6 heteroatoms. The maximum atomic E-state index is 11.9. The molecule has 0 saturated carbocycles. The number of carbonyl (C=O) groups excluding carboxylic acids is 2. The molecule has 210 valence electrons. The van der Waals surface area contributed by atoms with Gasteiger partial charge >= 0.3 is 11.9 Å². The maximum Gasteiger partial charge on any atom is 0.307 e. The van der Waals surface area contributed by atoms with Crippen molar-refractivity contribution < 1.29 is 19.1 Å². The molecule has 0 radical (unpaired) electrons. The number of hydrogen-bond donors (Lipinski definition) is 0. The summed E-state index contributed by atoms with van der Waals surface area (Å²) in [6.45, 7) is 11.8. The smallest absolute Gasteiger partial charge is 0.307 e. The molecule has 0 N–H and O–H groups in total. The fourth-order valence-electron chi connectivity index (χ4n) is 5.59. The second-order valence-electron chi connectivity index (χ2n) is 11.2. The number of rotatable bonds is 19. The molecule has 2 fully saturated rings. The van der Waals surface area contributed by atoms with Crippen LogP contribution in [0, 0.1) is 11.8 Å². The van der Waals surface area contributed by atoms with Gasteiger partial charge in [0, 0.05) is 13.1 Å². The zero-order chi connectivity index (χ0) is 25.8. The van der Waals surface area contributed by atoms with Crippen LogP contribution in [0.4, 0.5) is 0 Å². The highest BCUT2D eigenvalue weighted by atomic mass is 16.5. The molecule has 2 aliphatic heterocycles. The van der Waals surface area contributed by atoms with Crippen LogP contribution in [0.15, 0.2) is 0 Å². The molecule has 0 aromatic rings. The molecule has 0 aliphatic carbocycles. The Bertz CT molecular complexity index is 569. The number of hydrogen-bond acceptors (Lipinski definition) is 6. The first-order valence-corrected chi connectivity index (χ1v) is 15.4. The second kappa shape index (κ2) is 19.9. The van der Waals surface area contributed by atoms with Crippen molar-refractivity contribution in [2.45, 2.75) is 117 Å². The van der Waals surface area contributed by atoms with Crippen molar-refractivity contribution in [2.75, 3.05) is 52.5 Å². The summed E-state index contributed by atoms with van der Waals surface area (Å²) >= 11 is 0. The number of ether oxygens (including phenoxy) is 2. The van der Waals surface area contributed by atoms with Gasteiger partial charge in [-0.15, -0.1) is 0 Å². The van der Waals surface area contributed by atoms with Gasteiger partial charge in [0.2, 0.25) is 0 Å². The van der Waals surface area contributed by atoms with Crippen LogP contribution < -0.4 is 0 Å². The van der Waals surface area contributed by atoms with Gasteiger partial charge in [-0.05, 0) is 76.5 Å². The van der Waals surface area contributed by atoms with Gasteiger partial charge in [-0.1, -0.05) is 65.2 Å². The molecule has 2 rings (SSSR count). The lowest BCUT2D eigenvalue weighted by Gasteiger charge is -2.33. The largest absolute Gasteiger partial charge is 0.466 e. The Balaban J connectivity index is 1.43. The average molecular weight is 509 g/mol. The van der Waals surface area contributed by atoms with Gasteiger partial charge < -0.3 is 19.3 Å². The SMILES string of the molecule is CCCCCCOC(=O)CCN1CCC(CCCC2CCN(CCC(=O)OCCCCC)CC2)CC1. The molecular weight excluding hydrogens is 452 g/mol. The Morgan fingerprint density at radius 1 is 0.611 bits per heavy atom. The van der Waals surface area contributed by atoms with Crippen LogP contribution in [0.25, 0.3) is 0 Å². The van der Waals surface area contributed by atoms with Gasteiger partial charge in [0.15, 0.2) is 0 Å². The highest BCUT2D eigenvalue weighted by molar-refractivity contribution is 5.69. The molecule has 2 saturated heterocycles. The molecule has 2 heterocycles. The van der Waals surface area contributed by atoms with E-state index in [2.05, 4.69) is 23.6 Å². The maximum absolute atomic E-state index is 11.9. The van der Waals surface area contributed by atoms with Crippen molar-refractivity contribution in [3.05, 3.63) is 0 Å². The van der Waals surface area contributed by atoms with Gasteiger partial charge in [-0.25, -0.2) is 0 Å². The molecule has 0 aromatic heterocycles. The molecule has 0 spiro atoms. The summed E-state index contributed by atoms with van der Waals surface area (Å²) in [6, 6.07) is 0. The van der Waals surface area contributed by atoms with E-state index in [1.807, 2.05) is 0 Å². The zero-order valence-electron chi connectivity index (χ0n) is 23.7. The quantitative estimate of drug-likeness (QED) is 0.153. The third-order valence-electron chi connectivity index (χ3n) is 8.18. The van der Waals surface area contributed by atoms with E-state index in [1.54, 1.807) is 0 Å². The van der Waals surface area contributed by atoms with Crippen molar-refractivity contribution in [2.24, 2.45) is 11.8 Å². The normalized spacial score (nSPS) is 18.4. The standard InChI is InChI=1S/C30H56N2O4/c1-3-5-7-9-26-36-30(34)18-24-32-21-15-28(16-22-32)12-10-11-27-13-19-31(20-14-27)23-17-29(33)35-25-8-6-4-2/h27-28H,3-26H2,1-2H3. The summed E-state index contributed by atoms with van der Waals surface area (Å²) in [4.78, 5) is 28.7. The van der Waals surface area contributed by atoms with Crippen LogP contribution in [0.2, 0.25) is 0 Å². The number of esters is 2. The third-order valence-corrected chi connectivity index (χ3v) is 8.18. The third kappa shape index (κ3) is 14.6. The summed E-state index contributed by atoms with van der Waals surface area (Å²) in [6.07, 6.45) is 18.1. The molecule has 0 unspecified atom stereocenters. The summed E-state index contributed by atoms with van der Waals surface area (Å²) in [5, 5.41) is 0. The lowest BCUT2D eigenvalue weighted by Crippen LogP contribution is -2.36. The van der Waals surface area contributed by atoms with E-state index in [4.69, 9.17) is 9.47 Å². The summed E-state index contributed by atoms with van der Waals surface area (Å²) in [5.74, 6) is 1.66. The molecule has 0 aromatic carbocycles. The van der Waals surface area contributed by atoms with E-state index in [9.17, 15) is 9.59 Å². The van der Waals surface area contributed by atoms with Gasteiger partial charge in [0.25, 0.3) is 0 Å². The minimum Gasteiger partial charge on any atom is -0.466 e. The van der Waals surface area contributed by atoms with E-state index in [1.165, 1.54) is 57.8 Å². The number of likely N-dealkylation sites (tertiary alicyclic amines) is 2. The van der Waals surface area contributed by atoms with Crippen LogP contribution >= 0.6 is 0 Å². The van der Waals surface area contributed by atoms with Gasteiger partial charge in [0.05, 0.1) is 26.1 Å². The van der Waals surface area contributed by atoms with Crippen LogP contribution in [0.3, 0.4) is 0 Å². The van der Waals surface area contributed by atoms with Crippen molar-refractivity contribution in [3.8, 4) is 0 Å². The minimum atomic E-state index is -0.0305. The summed E-state index contributed by atoms with van der Waals surface area (Å²) in [7, 11) is 0. The van der Waals surface area contributed by atoms with E-state index < -0.39 is 0 Å². The Labute approximate surface area is 221 Å². The zero-order valence-corrected chi connectivity index (χ0v) is 23.7. The fourth-order valence-corrected chi connectivity index (χ4v) is 5.59. The van der Waals surface area contributed by atoms with Gasteiger partial charge in [0.1, 0.15) is 0 Å². The lowest BCUT2D eigenvalue weighted by atomic mass is 9.87.